The maximum absolute atomic E-state index is 11.0. The molecule has 0 atom stereocenters. The van der Waals surface area contributed by atoms with Crippen molar-refractivity contribution in [2.45, 2.75) is 6.61 Å². The van der Waals surface area contributed by atoms with E-state index in [1.165, 1.54) is 13.2 Å². The van der Waals surface area contributed by atoms with Crippen molar-refractivity contribution in [3.8, 4) is 0 Å². The molecule has 0 unspecified atom stereocenters. The number of aromatic nitrogens is 2. The summed E-state index contributed by atoms with van der Waals surface area (Å²) in [6.07, 6.45) is 1.26. The van der Waals surface area contributed by atoms with Crippen molar-refractivity contribution in [3.05, 3.63) is 32.6 Å². The molecule has 0 bridgehead atoms. The Morgan fingerprint density at radius 2 is 2.17 bits per heavy atom. The van der Waals surface area contributed by atoms with Gasteiger partial charge in [-0.15, -0.1) is 0 Å². The normalized spacial score (nSPS) is 10.2. The minimum absolute atomic E-state index is 0.0969. The zero-order valence-electron chi connectivity index (χ0n) is 6.52. The van der Waals surface area contributed by atoms with Crippen LogP contribution >= 0.6 is 0 Å². The number of aliphatic hydroxyl groups excluding tert-OH is 1. The molecule has 0 aromatic carbocycles. The first-order chi connectivity index (χ1) is 5.57. The monoisotopic (exact) mass is 171 g/mol. The zero-order chi connectivity index (χ0) is 9.30. The molecular weight excluding hydrogens is 162 g/mol. The van der Waals surface area contributed by atoms with Crippen molar-refractivity contribution < 1.29 is 5.11 Å². The highest BCUT2D eigenvalue weighted by atomic mass is 16.3. The van der Waals surface area contributed by atoms with Gasteiger partial charge in [0.1, 0.15) is 0 Å². The smallest absolute Gasteiger partial charge is 0.349 e. The van der Waals surface area contributed by atoms with Gasteiger partial charge in [0.2, 0.25) is 0 Å². The van der Waals surface area contributed by atoms with Crippen LogP contribution in [0.25, 0.3) is 0 Å². The summed E-state index contributed by atoms with van der Waals surface area (Å²) < 4.78 is 1.60. The average molecular weight is 171 g/mol. The first-order valence-corrected chi connectivity index (χ1v) is 3.25. The molecule has 6 nitrogen and oxygen atoms in total. The van der Waals surface area contributed by atoms with Gasteiger partial charge in [-0.3, -0.25) is 4.79 Å². The molecule has 1 heterocycles. The minimum atomic E-state index is -0.666. The number of aliphatic hydroxyl groups is 1. The maximum Gasteiger partial charge on any atom is 0.349 e. The second-order valence-electron chi connectivity index (χ2n) is 2.38. The summed E-state index contributed by atoms with van der Waals surface area (Å²) in [6, 6.07) is 0. The Morgan fingerprint density at radius 1 is 1.58 bits per heavy atom. The van der Waals surface area contributed by atoms with Crippen molar-refractivity contribution in [2.75, 3.05) is 5.84 Å². The number of nitrogen functional groups attached to an aromatic ring is 1. The van der Waals surface area contributed by atoms with Crippen LogP contribution in [0.3, 0.4) is 0 Å². The molecule has 0 saturated carbocycles. The third-order valence-corrected chi connectivity index (χ3v) is 1.52. The topological polar surface area (TPSA) is 90.2 Å². The van der Waals surface area contributed by atoms with Gasteiger partial charge in [-0.1, -0.05) is 0 Å². The van der Waals surface area contributed by atoms with Crippen LogP contribution in [0, 0.1) is 0 Å². The van der Waals surface area contributed by atoms with Gasteiger partial charge in [0.05, 0.1) is 12.2 Å². The number of aryl methyl sites for hydroxylation is 1. The largest absolute Gasteiger partial charge is 0.391 e. The first-order valence-electron chi connectivity index (χ1n) is 3.25. The van der Waals surface area contributed by atoms with E-state index in [0.29, 0.717) is 4.68 Å². The lowest BCUT2D eigenvalue weighted by Gasteiger charge is -2.02. The van der Waals surface area contributed by atoms with E-state index in [9.17, 15) is 9.59 Å². The van der Waals surface area contributed by atoms with Crippen molar-refractivity contribution >= 4 is 0 Å². The molecule has 0 fully saturated rings. The van der Waals surface area contributed by atoms with Crippen molar-refractivity contribution in [1.29, 1.82) is 0 Å². The third kappa shape index (κ3) is 1.12. The molecule has 0 amide bonds. The van der Waals surface area contributed by atoms with E-state index in [2.05, 4.69) is 0 Å². The molecule has 1 rings (SSSR count). The van der Waals surface area contributed by atoms with Gasteiger partial charge in [-0.2, -0.15) is 4.68 Å². The van der Waals surface area contributed by atoms with E-state index >= 15 is 0 Å². The summed E-state index contributed by atoms with van der Waals surface area (Å²) in [5, 5.41) is 8.67. The Hall–Kier alpha value is -1.56. The van der Waals surface area contributed by atoms with Crippen LogP contribution in [-0.2, 0) is 13.7 Å². The van der Waals surface area contributed by atoms with Crippen molar-refractivity contribution in [1.82, 2.24) is 9.24 Å². The third-order valence-electron chi connectivity index (χ3n) is 1.52. The molecule has 0 aliphatic rings. The zero-order valence-corrected chi connectivity index (χ0v) is 6.52. The molecule has 1 aromatic rings. The van der Waals surface area contributed by atoms with Crippen LogP contribution < -0.4 is 17.1 Å². The van der Waals surface area contributed by atoms with E-state index < -0.39 is 17.9 Å². The average Bonchev–Trinajstić information content (AvgIpc) is 2.08. The van der Waals surface area contributed by atoms with Gasteiger partial charge in [0.25, 0.3) is 5.56 Å². The van der Waals surface area contributed by atoms with Crippen LogP contribution in [0.5, 0.6) is 0 Å². The highest BCUT2D eigenvalue weighted by Gasteiger charge is 2.04. The molecule has 0 radical (unpaired) electrons. The maximum atomic E-state index is 11.0. The van der Waals surface area contributed by atoms with Crippen LogP contribution in [0.4, 0.5) is 0 Å². The summed E-state index contributed by atoms with van der Waals surface area (Å²) in [5.41, 5.74) is -1.18. The quantitative estimate of drug-likeness (QED) is 0.467. The van der Waals surface area contributed by atoms with Crippen LogP contribution in [0.1, 0.15) is 5.56 Å². The standard InChI is InChI=1S/C6H9N3O3/c1-8-2-4(3-10)5(11)9(7)6(8)12/h2,10H,3,7H2,1H3. The number of rotatable bonds is 1. The highest BCUT2D eigenvalue weighted by molar-refractivity contribution is 5.03. The minimum Gasteiger partial charge on any atom is -0.391 e. The lowest BCUT2D eigenvalue weighted by Crippen LogP contribution is -2.45. The van der Waals surface area contributed by atoms with Gasteiger partial charge in [-0.25, -0.2) is 4.79 Å². The Morgan fingerprint density at radius 3 is 2.67 bits per heavy atom. The fraction of sp³-hybridized carbons (Fsp3) is 0.333. The van der Waals surface area contributed by atoms with Gasteiger partial charge in [-0.05, 0) is 0 Å². The predicted octanol–water partition coefficient (Wildman–Crippen LogP) is -2.25. The molecule has 1 aromatic heterocycles. The van der Waals surface area contributed by atoms with E-state index in [-0.39, 0.29) is 5.56 Å². The van der Waals surface area contributed by atoms with Gasteiger partial charge < -0.3 is 15.5 Å². The molecule has 6 heteroatoms. The molecule has 0 aliphatic carbocycles. The molecule has 0 aliphatic heterocycles. The Kier molecular flexibility index (Phi) is 2.01. The highest BCUT2D eigenvalue weighted by Crippen LogP contribution is 1.84. The van der Waals surface area contributed by atoms with Crippen molar-refractivity contribution in [3.63, 3.8) is 0 Å². The Balaban J connectivity index is 3.61. The number of hydrogen-bond donors (Lipinski definition) is 2. The first kappa shape index (κ1) is 8.54. The SMILES string of the molecule is Cn1cc(CO)c(=O)n(N)c1=O. The Labute approximate surface area is 67.4 Å². The van der Waals surface area contributed by atoms with Gasteiger partial charge in [0.15, 0.2) is 0 Å². The second-order valence-corrected chi connectivity index (χ2v) is 2.38. The summed E-state index contributed by atoms with van der Waals surface area (Å²) in [5.74, 6) is 5.12. The number of hydrogen-bond acceptors (Lipinski definition) is 4. The Bertz CT molecular complexity index is 403. The summed E-state index contributed by atoms with van der Waals surface area (Å²) in [4.78, 5) is 22.0. The van der Waals surface area contributed by atoms with Gasteiger partial charge in [0, 0.05) is 13.2 Å². The van der Waals surface area contributed by atoms with E-state index in [1.54, 1.807) is 0 Å². The predicted molar refractivity (Wildman–Crippen MR) is 42.0 cm³/mol. The molecular formula is C6H9N3O3. The summed E-state index contributed by atoms with van der Waals surface area (Å²) in [6.45, 7) is -0.426. The van der Waals surface area contributed by atoms with Crippen LogP contribution in [0.15, 0.2) is 15.8 Å². The number of nitrogens with two attached hydrogens (primary N) is 1. The fourth-order valence-electron chi connectivity index (χ4n) is 0.864. The van der Waals surface area contributed by atoms with Crippen molar-refractivity contribution in [2.24, 2.45) is 7.05 Å². The summed E-state index contributed by atoms with van der Waals surface area (Å²) >= 11 is 0. The van der Waals surface area contributed by atoms with Crippen LogP contribution in [-0.4, -0.2) is 14.3 Å². The molecule has 66 valence electrons. The van der Waals surface area contributed by atoms with E-state index in [1.807, 2.05) is 0 Å². The van der Waals surface area contributed by atoms with Gasteiger partial charge >= 0.3 is 5.69 Å². The molecule has 0 spiro atoms. The van der Waals surface area contributed by atoms with Crippen LogP contribution in [0.2, 0.25) is 0 Å². The molecule has 12 heavy (non-hydrogen) atoms. The second kappa shape index (κ2) is 2.82. The van der Waals surface area contributed by atoms with E-state index in [0.717, 1.165) is 4.57 Å². The molecule has 0 saturated heterocycles. The lowest BCUT2D eigenvalue weighted by atomic mass is 10.3. The fourth-order valence-corrected chi connectivity index (χ4v) is 0.864. The van der Waals surface area contributed by atoms with E-state index in [4.69, 9.17) is 10.9 Å². The number of nitrogens with zero attached hydrogens (tertiary/aromatic N) is 2. The lowest BCUT2D eigenvalue weighted by molar-refractivity contribution is 0.278. The summed E-state index contributed by atoms with van der Waals surface area (Å²) in [7, 11) is 1.45. The molecule has 3 N–H and O–H groups in total.